The number of anilines is 2. The predicted octanol–water partition coefficient (Wildman–Crippen LogP) is 2.65. The molecule has 0 saturated carbocycles. The summed E-state index contributed by atoms with van der Waals surface area (Å²) in [4.78, 5) is 13.3. The van der Waals surface area contributed by atoms with Gasteiger partial charge in [0.1, 0.15) is 5.75 Å². The fourth-order valence-electron chi connectivity index (χ4n) is 1.26. The second-order valence-corrected chi connectivity index (χ2v) is 3.93. The third kappa shape index (κ3) is 2.75. The normalized spacial score (nSPS) is 10.3. The van der Waals surface area contributed by atoms with Crippen molar-refractivity contribution in [3.63, 3.8) is 0 Å². The first-order chi connectivity index (χ1) is 8.06. The van der Waals surface area contributed by atoms with E-state index < -0.39 is 0 Å². The Labute approximate surface area is 108 Å². The molecule has 0 fully saturated rings. The lowest BCUT2D eigenvalue weighted by Crippen LogP contribution is -2.13. The van der Waals surface area contributed by atoms with Crippen molar-refractivity contribution in [1.29, 1.82) is 0 Å². The topological polar surface area (TPSA) is 62.1 Å². The van der Waals surface area contributed by atoms with Crippen LogP contribution in [-0.2, 0) is 0 Å². The van der Waals surface area contributed by atoms with Crippen LogP contribution in [0, 0.1) is 0 Å². The zero-order valence-electron chi connectivity index (χ0n) is 8.80. The number of rotatable bonds is 2. The Bertz CT molecular complexity index is 512. The van der Waals surface area contributed by atoms with Crippen LogP contribution < -0.4 is 4.90 Å². The molecule has 0 aliphatic carbocycles. The fraction of sp³-hybridized carbons (Fsp3) is 0.100. The lowest BCUT2D eigenvalue weighted by molar-refractivity contribution is 0.475. The van der Waals surface area contributed by atoms with Crippen LogP contribution in [-0.4, -0.2) is 27.1 Å². The van der Waals surface area contributed by atoms with Crippen LogP contribution in [0.3, 0.4) is 0 Å². The smallest absolute Gasteiger partial charge is 0.235 e. The van der Waals surface area contributed by atoms with E-state index in [0.29, 0.717) is 5.95 Å². The first kappa shape index (κ1) is 11.9. The summed E-state index contributed by atoms with van der Waals surface area (Å²) in [7, 11) is 1.76. The van der Waals surface area contributed by atoms with E-state index in [4.69, 9.17) is 23.2 Å². The maximum atomic E-state index is 9.20. The van der Waals surface area contributed by atoms with Gasteiger partial charge in [-0.15, -0.1) is 0 Å². The minimum atomic E-state index is 0.0330. The molecule has 1 aromatic carbocycles. The van der Waals surface area contributed by atoms with Crippen LogP contribution in [0.4, 0.5) is 11.6 Å². The summed E-state index contributed by atoms with van der Waals surface area (Å²) in [6.45, 7) is 0. The van der Waals surface area contributed by atoms with Crippen molar-refractivity contribution in [2.24, 2.45) is 0 Å². The standard InChI is InChI=1S/C10H8Cl2N4O/c1-16(6-2-4-7(17)5-3-6)10-14-8(11)13-9(12)15-10/h2-5,17H,1H3. The highest BCUT2D eigenvalue weighted by atomic mass is 35.5. The summed E-state index contributed by atoms with van der Waals surface area (Å²) >= 11 is 11.4. The fourth-order valence-corrected chi connectivity index (χ4v) is 1.61. The van der Waals surface area contributed by atoms with Gasteiger partial charge in [0.15, 0.2) is 0 Å². The molecule has 17 heavy (non-hydrogen) atoms. The lowest BCUT2D eigenvalue weighted by Gasteiger charge is -2.16. The lowest BCUT2D eigenvalue weighted by atomic mass is 10.3. The predicted molar refractivity (Wildman–Crippen MR) is 66.0 cm³/mol. The first-order valence-electron chi connectivity index (χ1n) is 4.66. The van der Waals surface area contributed by atoms with Crippen LogP contribution in [0.5, 0.6) is 5.75 Å². The van der Waals surface area contributed by atoms with Gasteiger partial charge < -0.3 is 10.0 Å². The summed E-state index contributed by atoms with van der Waals surface area (Å²) in [6, 6.07) is 6.58. The molecule has 0 aliphatic heterocycles. The summed E-state index contributed by atoms with van der Waals surface area (Å²) < 4.78 is 0. The Kier molecular flexibility index (Phi) is 3.31. The maximum absolute atomic E-state index is 9.20. The highest BCUT2D eigenvalue weighted by Gasteiger charge is 2.10. The van der Waals surface area contributed by atoms with Gasteiger partial charge >= 0.3 is 0 Å². The molecule has 88 valence electrons. The van der Waals surface area contributed by atoms with E-state index in [1.54, 1.807) is 36.2 Å². The van der Waals surface area contributed by atoms with Gasteiger partial charge in [-0.25, -0.2) is 0 Å². The summed E-state index contributed by atoms with van der Waals surface area (Å²) in [5.41, 5.74) is 0.793. The number of halogens is 2. The van der Waals surface area contributed by atoms with Crippen molar-refractivity contribution in [3.8, 4) is 5.75 Å². The first-order valence-corrected chi connectivity index (χ1v) is 5.41. The summed E-state index contributed by atoms with van der Waals surface area (Å²) in [5.74, 6) is 0.523. The Morgan fingerprint density at radius 2 is 1.53 bits per heavy atom. The van der Waals surface area contributed by atoms with Crippen molar-refractivity contribution in [2.45, 2.75) is 0 Å². The number of hydrogen-bond acceptors (Lipinski definition) is 5. The van der Waals surface area contributed by atoms with Gasteiger partial charge in [-0.05, 0) is 47.5 Å². The van der Waals surface area contributed by atoms with Crippen LogP contribution in [0.25, 0.3) is 0 Å². The summed E-state index contributed by atoms with van der Waals surface area (Å²) in [6.07, 6.45) is 0. The number of aromatic hydroxyl groups is 1. The van der Waals surface area contributed by atoms with E-state index in [9.17, 15) is 5.11 Å². The van der Waals surface area contributed by atoms with Gasteiger partial charge in [-0.1, -0.05) is 0 Å². The van der Waals surface area contributed by atoms with E-state index in [2.05, 4.69) is 15.0 Å². The second kappa shape index (κ2) is 4.73. The van der Waals surface area contributed by atoms with E-state index in [-0.39, 0.29) is 16.3 Å². The number of aromatic nitrogens is 3. The zero-order valence-corrected chi connectivity index (χ0v) is 10.3. The van der Waals surface area contributed by atoms with Crippen LogP contribution in [0.15, 0.2) is 24.3 Å². The maximum Gasteiger partial charge on any atom is 0.235 e. The molecule has 2 rings (SSSR count). The molecule has 1 aromatic heterocycles. The van der Waals surface area contributed by atoms with E-state index in [1.165, 1.54) is 0 Å². The molecular weight excluding hydrogens is 263 g/mol. The number of hydrogen-bond donors (Lipinski definition) is 1. The highest BCUT2D eigenvalue weighted by Crippen LogP contribution is 2.23. The van der Waals surface area contributed by atoms with Crippen molar-refractivity contribution in [2.75, 3.05) is 11.9 Å². The summed E-state index contributed by atoms with van der Waals surface area (Å²) in [5, 5.41) is 9.26. The molecule has 0 aliphatic rings. The molecule has 0 saturated heterocycles. The molecule has 0 spiro atoms. The van der Waals surface area contributed by atoms with Crippen molar-refractivity contribution in [3.05, 3.63) is 34.8 Å². The molecule has 7 heteroatoms. The van der Waals surface area contributed by atoms with Crippen LogP contribution in [0.1, 0.15) is 0 Å². The molecule has 0 amide bonds. The van der Waals surface area contributed by atoms with Gasteiger partial charge in [-0.2, -0.15) is 15.0 Å². The van der Waals surface area contributed by atoms with Gasteiger partial charge in [0.25, 0.3) is 0 Å². The van der Waals surface area contributed by atoms with Gasteiger partial charge in [0.05, 0.1) is 0 Å². The number of phenols is 1. The monoisotopic (exact) mass is 270 g/mol. The average molecular weight is 271 g/mol. The number of benzene rings is 1. The highest BCUT2D eigenvalue weighted by molar-refractivity contribution is 6.31. The third-order valence-electron chi connectivity index (χ3n) is 2.11. The van der Waals surface area contributed by atoms with E-state index >= 15 is 0 Å². The Morgan fingerprint density at radius 1 is 1.00 bits per heavy atom. The third-order valence-corrected chi connectivity index (χ3v) is 2.44. The van der Waals surface area contributed by atoms with Gasteiger partial charge in [0.2, 0.25) is 16.5 Å². The second-order valence-electron chi connectivity index (χ2n) is 3.25. The van der Waals surface area contributed by atoms with Gasteiger partial charge in [0, 0.05) is 12.7 Å². The van der Waals surface area contributed by atoms with Crippen LogP contribution in [0.2, 0.25) is 10.6 Å². The van der Waals surface area contributed by atoms with E-state index in [0.717, 1.165) is 5.69 Å². The molecule has 0 bridgehead atoms. The van der Waals surface area contributed by atoms with Gasteiger partial charge in [-0.3, -0.25) is 0 Å². The molecule has 1 N–H and O–H groups in total. The van der Waals surface area contributed by atoms with Crippen LogP contribution >= 0.6 is 23.2 Å². The van der Waals surface area contributed by atoms with E-state index in [1.807, 2.05) is 0 Å². The number of nitrogens with zero attached hydrogens (tertiary/aromatic N) is 4. The van der Waals surface area contributed by atoms with Crippen molar-refractivity contribution in [1.82, 2.24) is 15.0 Å². The average Bonchev–Trinajstić information content (AvgIpc) is 2.28. The molecule has 0 radical (unpaired) electrons. The zero-order chi connectivity index (χ0) is 12.4. The molecule has 2 aromatic rings. The minimum absolute atomic E-state index is 0.0330. The molecule has 1 heterocycles. The SMILES string of the molecule is CN(c1ccc(O)cc1)c1nc(Cl)nc(Cl)n1. The Balaban J connectivity index is 2.36. The quantitative estimate of drug-likeness (QED) is 0.909. The molecular formula is C10H8Cl2N4O. The molecule has 0 atom stereocenters. The Morgan fingerprint density at radius 3 is 2.06 bits per heavy atom. The molecule has 5 nitrogen and oxygen atoms in total. The minimum Gasteiger partial charge on any atom is -0.508 e. The largest absolute Gasteiger partial charge is 0.508 e. The van der Waals surface area contributed by atoms with Crippen molar-refractivity contribution >= 4 is 34.8 Å². The number of phenolic OH excluding ortho intramolecular Hbond substituents is 1. The molecule has 0 unspecified atom stereocenters. The Hall–Kier alpha value is -1.59. The van der Waals surface area contributed by atoms with Crippen molar-refractivity contribution < 1.29 is 5.11 Å².